The molecule has 2 aliphatic carbocycles. The number of ether oxygens (including phenoxy) is 4. The van der Waals surface area contributed by atoms with Crippen molar-refractivity contribution in [2.75, 3.05) is 20.1 Å². The highest BCUT2D eigenvalue weighted by Gasteiger charge is 2.72. The van der Waals surface area contributed by atoms with E-state index in [4.69, 9.17) is 24.7 Å². The maximum atomic E-state index is 13.1. The first-order chi connectivity index (χ1) is 18.9. The third-order valence-corrected chi connectivity index (χ3v) is 8.69. The van der Waals surface area contributed by atoms with Crippen LogP contribution >= 0.6 is 0 Å². The van der Waals surface area contributed by atoms with Crippen LogP contribution in [0.1, 0.15) is 50.7 Å². The van der Waals surface area contributed by atoms with Crippen LogP contribution in [0, 0.1) is 0 Å². The van der Waals surface area contributed by atoms with E-state index in [1.165, 1.54) is 13.8 Å². The van der Waals surface area contributed by atoms with Crippen LogP contribution in [-0.4, -0.2) is 88.9 Å². The number of esters is 3. The molecule has 6 atom stereocenters. The lowest BCUT2D eigenvalue weighted by Gasteiger charge is -2.61. The van der Waals surface area contributed by atoms with Crippen molar-refractivity contribution in [3.8, 4) is 11.5 Å². The van der Waals surface area contributed by atoms with Gasteiger partial charge in [0.25, 0.3) is 0 Å². The fourth-order valence-corrected chi connectivity index (χ4v) is 6.60. The predicted octanol–water partition coefficient (Wildman–Crippen LogP) is 0.385. The van der Waals surface area contributed by atoms with Gasteiger partial charge in [-0.25, -0.2) is 4.79 Å². The van der Waals surface area contributed by atoms with E-state index in [-0.39, 0.29) is 42.7 Å². The highest BCUT2D eigenvalue weighted by Crippen LogP contribution is 2.65. The average molecular weight is 559 g/mol. The zero-order valence-corrected chi connectivity index (χ0v) is 22.7. The van der Waals surface area contributed by atoms with E-state index in [1.807, 2.05) is 13.1 Å². The minimum Gasteiger partial charge on any atom is -0.504 e. The van der Waals surface area contributed by atoms with E-state index < -0.39 is 59.4 Å². The lowest BCUT2D eigenvalue weighted by atomic mass is 9.50. The number of piperidine rings is 1. The molecule has 4 aliphatic rings. The van der Waals surface area contributed by atoms with Gasteiger partial charge < -0.3 is 39.8 Å². The Kier molecular flexibility index (Phi) is 7.13. The highest BCUT2D eigenvalue weighted by atomic mass is 16.6. The molecule has 12 nitrogen and oxygen atoms in total. The number of phenols is 1. The Balaban J connectivity index is 1.41. The summed E-state index contributed by atoms with van der Waals surface area (Å²) in [4.78, 5) is 51.6. The number of phenolic OH excluding ortho intramolecular Hbond substituents is 1. The predicted molar refractivity (Wildman–Crippen MR) is 137 cm³/mol. The van der Waals surface area contributed by atoms with E-state index in [0.717, 1.165) is 11.1 Å². The smallest absolute Gasteiger partial charge is 0.348 e. The van der Waals surface area contributed by atoms with Gasteiger partial charge in [-0.2, -0.15) is 0 Å². The first-order valence-electron chi connectivity index (χ1n) is 13.4. The van der Waals surface area contributed by atoms with Crippen LogP contribution in [0.3, 0.4) is 0 Å². The molecular formula is C28H34N2O10. The van der Waals surface area contributed by atoms with Gasteiger partial charge in [-0.1, -0.05) is 6.07 Å². The molecule has 216 valence electrons. The fourth-order valence-electron chi connectivity index (χ4n) is 6.60. The van der Waals surface area contributed by atoms with E-state index in [9.17, 15) is 29.4 Å². The molecule has 0 aromatic heterocycles. The van der Waals surface area contributed by atoms with Gasteiger partial charge in [0.2, 0.25) is 6.10 Å². The molecule has 0 amide bonds. The number of Topliss-reactive ketones (excluding diaryl/α,β-unsaturated/α-hetero) is 1. The second-order valence-electron chi connectivity index (χ2n) is 11.0. The normalized spacial score (nSPS) is 29.3. The van der Waals surface area contributed by atoms with Crippen LogP contribution in [0.5, 0.6) is 11.5 Å². The standard InChI is InChI=1S/C28H34N2O10/c1-14(31)15(2)37-26(35)19(39-21(33)7-10-29)13-22(34)38-18-6-8-28(36)20-12-16-4-5-17(32)24-23(16)27(28,25(18)40-24)9-11-30(20)3/h4-6,15,19-20,25,32,36H,7-13,29H2,1-3H3/t15-,19-,20+,25-,27-,28+/m0/s1. The number of hydrogen-bond acceptors (Lipinski definition) is 12. The maximum Gasteiger partial charge on any atom is 0.348 e. The van der Waals surface area contributed by atoms with Gasteiger partial charge in [0, 0.05) is 24.6 Å². The maximum absolute atomic E-state index is 13.1. The first-order valence-corrected chi connectivity index (χ1v) is 13.4. The molecule has 5 rings (SSSR count). The lowest BCUT2D eigenvalue weighted by Crippen LogP contribution is -2.74. The van der Waals surface area contributed by atoms with Gasteiger partial charge in [0.15, 0.2) is 29.5 Å². The van der Waals surface area contributed by atoms with Gasteiger partial charge >= 0.3 is 17.9 Å². The molecule has 12 heteroatoms. The summed E-state index contributed by atoms with van der Waals surface area (Å²) in [6.07, 6.45) is -1.70. The quantitative estimate of drug-likeness (QED) is 0.281. The number of aromatic hydroxyl groups is 1. The van der Waals surface area contributed by atoms with Crippen LogP contribution in [0.25, 0.3) is 0 Å². The summed E-state index contributed by atoms with van der Waals surface area (Å²) < 4.78 is 22.2. The SMILES string of the molecule is CC(=O)[C@H](C)OC(=O)[C@H](CC(=O)OC1=CC[C@@]2(O)[C@H]3Cc4ccc(O)c5c4[C@@]2(CCN3C)[C@H]1O5)OC(=O)CCN. The summed E-state index contributed by atoms with van der Waals surface area (Å²) in [5, 5.41) is 22.8. The number of nitrogens with zero attached hydrogens (tertiary/aromatic N) is 1. The number of ketones is 1. The van der Waals surface area contributed by atoms with Crippen molar-refractivity contribution in [1.29, 1.82) is 0 Å². The second kappa shape index (κ2) is 10.2. The van der Waals surface area contributed by atoms with Crippen LogP contribution in [-0.2, 0) is 45.2 Å². The van der Waals surface area contributed by atoms with Gasteiger partial charge in [0.05, 0.1) is 23.9 Å². The minimum absolute atomic E-state index is 0.0304. The van der Waals surface area contributed by atoms with E-state index in [1.54, 1.807) is 12.1 Å². The summed E-state index contributed by atoms with van der Waals surface area (Å²) in [6, 6.07) is 3.19. The van der Waals surface area contributed by atoms with Crippen molar-refractivity contribution in [2.45, 2.75) is 81.3 Å². The summed E-state index contributed by atoms with van der Waals surface area (Å²) in [5.74, 6) is -2.88. The topological polar surface area (TPSA) is 175 Å². The largest absolute Gasteiger partial charge is 0.504 e. The summed E-state index contributed by atoms with van der Waals surface area (Å²) in [5.41, 5.74) is 4.89. The highest BCUT2D eigenvalue weighted by molar-refractivity contribution is 5.88. The third-order valence-electron chi connectivity index (χ3n) is 8.69. The van der Waals surface area contributed by atoms with Crippen molar-refractivity contribution in [2.24, 2.45) is 5.73 Å². The zero-order valence-electron chi connectivity index (χ0n) is 22.7. The van der Waals surface area contributed by atoms with Crippen molar-refractivity contribution in [3.05, 3.63) is 35.1 Å². The lowest BCUT2D eigenvalue weighted by molar-refractivity contribution is -0.177. The first kappa shape index (κ1) is 28.1. The number of hydrogen-bond donors (Lipinski definition) is 3. The fraction of sp³-hybridized carbons (Fsp3) is 0.571. The number of benzene rings is 1. The van der Waals surface area contributed by atoms with Crippen molar-refractivity contribution in [1.82, 2.24) is 4.90 Å². The molecule has 1 aromatic rings. The Morgan fingerprint density at radius 2 is 1.98 bits per heavy atom. The molecule has 40 heavy (non-hydrogen) atoms. The van der Waals surface area contributed by atoms with Crippen molar-refractivity contribution in [3.63, 3.8) is 0 Å². The van der Waals surface area contributed by atoms with Crippen molar-refractivity contribution >= 4 is 23.7 Å². The number of carbonyl (C=O) groups is 4. The number of rotatable bonds is 9. The monoisotopic (exact) mass is 558 g/mol. The van der Waals surface area contributed by atoms with Crippen LogP contribution in [0.2, 0.25) is 0 Å². The molecule has 2 heterocycles. The molecular weight excluding hydrogens is 524 g/mol. The van der Waals surface area contributed by atoms with Gasteiger partial charge in [-0.05, 0) is 58.0 Å². The molecule has 4 N–H and O–H groups in total. The summed E-state index contributed by atoms with van der Waals surface area (Å²) in [6.45, 7) is 3.22. The molecule has 2 aliphatic heterocycles. The molecule has 2 bridgehead atoms. The number of aliphatic hydroxyl groups is 1. The molecule has 1 spiro atoms. The van der Waals surface area contributed by atoms with Gasteiger partial charge in [0.1, 0.15) is 5.76 Å². The van der Waals surface area contributed by atoms with Crippen LogP contribution in [0.15, 0.2) is 24.0 Å². The van der Waals surface area contributed by atoms with E-state index in [0.29, 0.717) is 19.4 Å². The minimum atomic E-state index is -1.66. The average Bonchev–Trinajstić information content (AvgIpc) is 3.25. The Morgan fingerprint density at radius 1 is 1.23 bits per heavy atom. The van der Waals surface area contributed by atoms with E-state index >= 15 is 0 Å². The number of likely N-dealkylation sites (tertiary alicyclic amines) is 1. The second-order valence-corrected chi connectivity index (χ2v) is 11.0. The Labute approximate surface area is 231 Å². The Morgan fingerprint density at radius 3 is 2.67 bits per heavy atom. The number of nitrogens with two attached hydrogens (primary N) is 1. The van der Waals surface area contributed by atoms with Gasteiger partial charge in [-0.15, -0.1) is 0 Å². The number of carbonyl (C=O) groups excluding carboxylic acids is 4. The Bertz CT molecular complexity index is 1290. The van der Waals surface area contributed by atoms with Crippen molar-refractivity contribution < 1.29 is 48.3 Å². The third kappa shape index (κ3) is 4.25. The summed E-state index contributed by atoms with van der Waals surface area (Å²) >= 11 is 0. The number of likely N-dealkylation sites (N-methyl/N-ethyl adjacent to an activating group) is 1. The zero-order chi connectivity index (χ0) is 29.0. The molecule has 0 saturated carbocycles. The Hall–Kier alpha value is -3.48. The molecule has 1 fully saturated rings. The van der Waals surface area contributed by atoms with Crippen LogP contribution < -0.4 is 10.5 Å². The molecule has 0 radical (unpaired) electrons. The molecule has 1 aromatic carbocycles. The van der Waals surface area contributed by atoms with E-state index in [2.05, 4.69) is 4.90 Å². The summed E-state index contributed by atoms with van der Waals surface area (Å²) in [7, 11) is 1.96. The van der Waals surface area contributed by atoms with Crippen LogP contribution in [0.4, 0.5) is 0 Å². The molecule has 0 unspecified atom stereocenters. The molecule has 1 saturated heterocycles. The van der Waals surface area contributed by atoms with Gasteiger partial charge in [-0.3, -0.25) is 14.4 Å².